The van der Waals surface area contributed by atoms with Gasteiger partial charge < -0.3 is 4.52 Å². The van der Waals surface area contributed by atoms with Gasteiger partial charge in [0.25, 0.3) is 5.24 Å². The summed E-state index contributed by atoms with van der Waals surface area (Å²) in [4.78, 5) is 11.1. The van der Waals surface area contributed by atoms with E-state index in [0.717, 1.165) is 12.1 Å². The Morgan fingerprint density at radius 3 is 2.30 bits per heavy atom. The molecule has 20 heavy (non-hydrogen) atoms. The number of hydrogen-bond acceptors (Lipinski definition) is 3. The molecule has 0 fully saturated rings. The molecule has 0 unspecified atom stereocenters. The van der Waals surface area contributed by atoms with Crippen LogP contribution in [0, 0.1) is 0 Å². The highest BCUT2D eigenvalue weighted by Crippen LogP contribution is 2.33. The summed E-state index contributed by atoms with van der Waals surface area (Å²) in [6.45, 7) is 0. The number of alkyl halides is 4. The van der Waals surface area contributed by atoms with E-state index in [1.807, 2.05) is 0 Å². The van der Waals surface area contributed by atoms with Crippen LogP contribution >= 0.6 is 23.2 Å². The predicted molar refractivity (Wildman–Crippen MR) is 66.7 cm³/mol. The Bertz CT molecular complexity index is 635. The van der Waals surface area contributed by atoms with Crippen LogP contribution in [0.25, 0.3) is 11.3 Å². The first kappa shape index (κ1) is 14.9. The lowest BCUT2D eigenvalue weighted by atomic mass is 10.1. The van der Waals surface area contributed by atoms with Gasteiger partial charge in [-0.15, -0.1) is 11.6 Å². The quantitative estimate of drug-likeness (QED) is 0.618. The van der Waals surface area contributed by atoms with Crippen LogP contribution in [0.4, 0.5) is 13.2 Å². The van der Waals surface area contributed by atoms with Crippen molar-refractivity contribution in [3.63, 3.8) is 0 Å². The highest BCUT2D eigenvalue weighted by molar-refractivity contribution is 6.67. The van der Waals surface area contributed by atoms with Gasteiger partial charge in [0.1, 0.15) is 0 Å². The predicted octanol–water partition coefficient (Wildman–Crippen LogP) is 4.48. The summed E-state index contributed by atoms with van der Waals surface area (Å²) in [6, 6.07) is 4.22. The molecule has 1 aromatic carbocycles. The van der Waals surface area contributed by atoms with Crippen LogP contribution in [0.3, 0.4) is 0 Å². The molecule has 0 atom stereocenters. The fourth-order valence-corrected chi connectivity index (χ4v) is 2.02. The Hall–Kier alpha value is -1.53. The van der Waals surface area contributed by atoms with Gasteiger partial charge in [-0.25, -0.2) is 0 Å². The Morgan fingerprint density at radius 1 is 1.25 bits per heavy atom. The van der Waals surface area contributed by atoms with E-state index < -0.39 is 17.0 Å². The third-order valence-corrected chi connectivity index (χ3v) is 3.03. The van der Waals surface area contributed by atoms with Crippen molar-refractivity contribution in [3.05, 3.63) is 41.1 Å². The van der Waals surface area contributed by atoms with E-state index in [1.54, 1.807) is 0 Å². The zero-order valence-corrected chi connectivity index (χ0v) is 11.2. The molecule has 0 bridgehead atoms. The summed E-state index contributed by atoms with van der Waals surface area (Å²) in [7, 11) is 0. The van der Waals surface area contributed by atoms with Crippen molar-refractivity contribution in [2.75, 3.05) is 0 Å². The molecule has 1 aromatic heterocycles. The molecule has 8 heteroatoms. The fourth-order valence-electron chi connectivity index (χ4n) is 1.63. The third-order valence-electron chi connectivity index (χ3n) is 2.58. The number of nitrogens with zero attached hydrogens (tertiary/aromatic N) is 1. The van der Waals surface area contributed by atoms with Gasteiger partial charge in [0.2, 0.25) is 0 Å². The third kappa shape index (κ3) is 2.81. The molecule has 0 aliphatic rings. The summed E-state index contributed by atoms with van der Waals surface area (Å²) in [5.74, 6) is 0.0194. The van der Waals surface area contributed by atoms with Crippen LogP contribution < -0.4 is 0 Å². The van der Waals surface area contributed by atoms with Gasteiger partial charge in [0, 0.05) is 11.1 Å². The van der Waals surface area contributed by atoms with Crippen LogP contribution in [0.5, 0.6) is 0 Å². The second kappa shape index (κ2) is 5.46. The maximum Gasteiger partial charge on any atom is 0.416 e. The van der Waals surface area contributed by atoms with E-state index in [2.05, 4.69) is 5.16 Å². The van der Waals surface area contributed by atoms with E-state index in [4.69, 9.17) is 27.7 Å². The van der Waals surface area contributed by atoms with Crippen LogP contribution in [-0.4, -0.2) is 10.4 Å². The molecule has 0 spiro atoms. The first-order valence-corrected chi connectivity index (χ1v) is 6.18. The molecule has 3 nitrogen and oxygen atoms in total. The molecular formula is C12H6Cl2F3NO2. The van der Waals surface area contributed by atoms with Gasteiger partial charge in [-0.05, 0) is 23.7 Å². The molecule has 0 amide bonds. The SMILES string of the molecule is O=C(Cl)c1noc(-c2ccc(C(F)(F)F)cc2)c1CCl. The zero-order chi connectivity index (χ0) is 14.9. The highest BCUT2D eigenvalue weighted by atomic mass is 35.5. The lowest BCUT2D eigenvalue weighted by Gasteiger charge is -2.06. The van der Waals surface area contributed by atoms with E-state index >= 15 is 0 Å². The molecule has 0 radical (unpaired) electrons. The zero-order valence-electron chi connectivity index (χ0n) is 9.67. The van der Waals surface area contributed by atoms with Crippen LogP contribution in [0.1, 0.15) is 21.6 Å². The number of carbonyl (C=O) groups is 1. The van der Waals surface area contributed by atoms with Crippen LogP contribution in [-0.2, 0) is 12.1 Å². The number of carbonyl (C=O) groups excluding carboxylic acids is 1. The second-order valence-corrected chi connectivity index (χ2v) is 4.43. The Morgan fingerprint density at radius 2 is 1.85 bits per heavy atom. The molecule has 2 rings (SSSR count). The van der Waals surface area contributed by atoms with Gasteiger partial charge in [0.05, 0.1) is 11.4 Å². The van der Waals surface area contributed by atoms with Crippen LogP contribution in [0.15, 0.2) is 28.8 Å². The van der Waals surface area contributed by atoms with E-state index in [0.29, 0.717) is 5.56 Å². The van der Waals surface area contributed by atoms with Gasteiger partial charge in [-0.1, -0.05) is 17.3 Å². The number of benzene rings is 1. The second-order valence-electron chi connectivity index (χ2n) is 3.82. The average Bonchev–Trinajstić information content (AvgIpc) is 2.81. The summed E-state index contributed by atoms with van der Waals surface area (Å²) in [5, 5.41) is 2.63. The molecule has 0 saturated heterocycles. The smallest absolute Gasteiger partial charge is 0.355 e. The van der Waals surface area contributed by atoms with E-state index in [9.17, 15) is 18.0 Å². The van der Waals surface area contributed by atoms with Crippen molar-refractivity contribution >= 4 is 28.4 Å². The molecule has 0 aliphatic carbocycles. The number of hydrogen-bond donors (Lipinski definition) is 0. The Kier molecular flexibility index (Phi) is 4.06. The number of halogens is 5. The lowest BCUT2D eigenvalue weighted by Crippen LogP contribution is -2.04. The van der Waals surface area contributed by atoms with Crippen molar-refractivity contribution in [2.24, 2.45) is 0 Å². The molecule has 106 valence electrons. The van der Waals surface area contributed by atoms with Crippen molar-refractivity contribution in [1.82, 2.24) is 5.16 Å². The first-order chi connectivity index (χ1) is 9.34. The normalized spacial score (nSPS) is 11.7. The van der Waals surface area contributed by atoms with Crippen molar-refractivity contribution in [2.45, 2.75) is 12.1 Å². The summed E-state index contributed by atoms with van der Waals surface area (Å²) in [6.07, 6.45) is -4.42. The molecule has 2 aromatic rings. The van der Waals surface area contributed by atoms with Crippen molar-refractivity contribution in [3.8, 4) is 11.3 Å². The first-order valence-electron chi connectivity index (χ1n) is 5.26. The minimum atomic E-state index is -4.42. The standard InChI is InChI=1S/C12H6Cl2F3NO2/c13-5-8-9(11(14)19)18-20-10(8)6-1-3-7(4-2-6)12(15,16)17/h1-4H,5H2. The lowest BCUT2D eigenvalue weighted by molar-refractivity contribution is -0.137. The molecule has 0 N–H and O–H groups in total. The monoisotopic (exact) mass is 323 g/mol. The minimum absolute atomic E-state index is 0.104. The number of aromatic nitrogens is 1. The van der Waals surface area contributed by atoms with Gasteiger partial charge in [-0.2, -0.15) is 13.2 Å². The minimum Gasteiger partial charge on any atom is -0.355 e. The van der Waals surface area contributed by atoms with Gasteiger partial charge in [0.15, 0.2) is 11.5 Å². The number of rotatable bonds is 3. The summed E-state index contributed by atoms with van der Waals surface area (Å²) < 4.78 is 42.3. The molecule has 1 heterocycles. The average molecular weight is 324 g/mol. The maximum absolute atomic E-state index is 12.5. The topological polar surface area (TPSA) is 43.1 Å². The molecular weight excluding hydrogens is 318 g/mol. The van der Waals surface area contributed by atoms with E-state index in [-0.39, 0.29) is 22.9 Å². The fraction of sp³-hybridized carbons (Fsp3) is 0.167. The van der Waals surface area contributed by atoms with E-state index in [1.165, 1.54) is 12.1 Å². The van der Waals surface area contributed by atoms with Gasteiger partial charge >= 0.3 is 6.18 Å². The molecule has 0 saturated carbocycles. The Labute approximate surface area is 121 Å². The molecule has 0 aliphatic heterocycles. The summed E-state index contributed by atoms with van der Waals surface area (Å²) >= 11 is 11.0. The van der Waals surface area contributed by atoms with Crippen molar-refractivity contribution < 1.29 is 22.5 Å². The van der Waals surface area contributed by atoms with Crippen LogP contribution in [0.2, 0.25) is 0 Å². The van der Waals surface area contributed by atoms with Crippen molar-refractivity contribution in [1.29, 1.82) is 0 Å². The maximum atomic E-state index is 12.5. The highest BCUT2D eigenvalue weighted by Gasteiger charge is 2.30. The van der Waals surface area contributed by atoms with Gasteiger partial charge in [-0.3, -0.25) is 4.79 Å². The Balaban J connectivity index is 2.45. The largest absolute Gasteiger partial charge is 0.416 e. The summed E-state index contributed by atoms with van der Waals surface area (Å²) in [5.41, 5.74) is -0.366.